The molecular formula is C19H22N4O4. The molecule has 1 amide bonds. The van der Waals surface area contributed by atoms with Crippen LogP contribution in [0.2, 0.25) is 0 Å². The number of hydrogen-bond donors (Lipinski definition) is 1. The van der Waals surface area contributed by atoms with Crippen molar-refractivity contribution in [1.29, 1.82) is 5.26 Å². The molecule has 0 radical (unpaired) electrons. The lowest BCUT2D eigenvalue weighted by Crippen LogP contribution is -2.52. The van der Waals surface area contributed by atoms with E-state index in [9.17, 15) is 19.6 Å². The third-order valence-corrected chi connectivity index (χ3v) is 4.57. The Labute approximate surface area is 156 Å². The van der Waals surface area contributed by atoms with Crippen molar-refractivity contribution in [2.75, 3.05) is 0 Å². The molecule has 0 aliphatic rings. The topological polar surface area (TPSA) is 114 Å². The lowest BCUT2D eigenvalue weighted by Gasteiger charge is -2.28. The second kappa shape index (κ2) is 7.58. The molecule has 2 rings (SSSR count). The lowest BCUT2D eigenvalue weighted by atomic mass is 9.90. The summed E-state index contributed by atoms with van der Waals surface area (Å²) in [4.78, 5) is 37.1. The number of amides is 1. The van der Waals surface area contributed by atoms with Gasteiger partial charge in [0.05, 0.1) is 11.5 Å². The number of ether oxygens (including phenoxy) is 1. The number of nitrogens with zero attached hydrogens (tertiary/aromatic N) is 3. The van der Waals surface area contributed by atoms with Crippen LogP contribution < -0.4 is 10.9 Å². The molecule has 142 valence electrons. The van der Waals surface area contributed by atoms with Crippen molar-refractivity contribution in [3.05, 3.63) is 40.3 Å². The average molecular weight is 370 g/mol. The zero-order valence-corrected chi connectivity index (χ0v) is 15.9. The van der Waals surface area contributed by atoms with Crippen LogP contribution in [0.4, 0.5) is 0 Å². The van der Waals surface area contributed by atoms with E-state index in [4.69, 9.17) is 4.74 Å². The Hall–Kier alpha value is -3.21. The van der Waals surface area contributed by atoms with E-state index >= 15 is 0 Å². The van der Waals surface area contributed by atoms with Gasteiger partial charge in [0.15, 0.2) is 11.8 Å². The molecule has 1 N–H and O–H groups in total. The first kappa shape index (κ1) is 20.1. The summed E-state index contributed by atoms with van der Waals surface area (Å²) in [6, 6.07) is 8.61. The van der Waals surface area contributed by atoms with Crippen LogP contribution in [0.25, 0.3) is 10.8 Å². The third kappa shape index (κ3) is 3.97. The van der Waals surface area contributed by atoms with Crippen LogP contribution >= 0.6 is 0 Å². The average Bonchev–Trinajstić information content (AvgIpc) is 2.64. The summed E-state index contributed by atoms with van der Waals surface area (Å²) < 4.78 is 6.28. The number of nitrogens with one attached hydrogen (secondary N) is 1. The number of hydrogen-bond acceptors (Lipinski definition) is 6. The molecule has 27 heavy (non-hydrogen) atoms. The Morgan fingerprint density at radius 1 is 1.26 bits per heavy atom. The zero-order valence-electron chi connectivity index (χ0n) is 15.9. The van der Waals surface area contributed by atoms with Gasteiger partial charge in [-0.3, -0.25) is 9.59 Å². The fraction of sp³-hybridized carbons (Fsp3) is 0.421. The van der Waals surface area contributed by atoms with Gasteiger partial charge in [-0.15, -0.1) is 0 Å². The normalized spacial score (nSPS) is 14.3. The summed E-state index contributed by atoms with van der Waals surface area (Å²) in [7, 11) is 1.43. The first-order valence-electron chi connectivity index (χ1n) is 8.51. The first-order valence-corrected chi connectivity index (χ1v) is 8.51. The lowest BCUT2D eigenvalue weighted by molar-refractivity contribution is -0.130. The first-order chi connectivity index (χ1) is 12.6. The maximum atomic E-state index is 12.6. The smallest absolute Gasteiger partial charge is 0.360 e. The molecule has 1 heterocycles. The summed E-state index contributed by atoms with van der Waals surface area (Å²) >= 11 is 0. The van der Waals surface area contributed by atoms with Gasteiger partial charge < -0.3 is 10.1 Å². The molecule has 1 aromatic heterocycles. The number of rotatable bonds is 5. The van der Waals surface area contributed by atoms with E-state index in [0.29, 0.717) is 10.8 Å². The standard InChI is InChI=1S/C19H22N4O4/c1-11(2)19(4,10-20)21-16(24)12(3)27-18(26)15-13-8-6-7-9-14(13)17(25)23(5)22-15/h6-9,11-12H,1-5H3,(H,21,24)/t12-,19-/m0/s1. The predicted octanol–water partition coefficient (Wildman–Crippen LogP) is 1.53. The van der Waals surface area contributed by atoms with Crippen LogP contribution in [0.5, 0.6) is 0 Å². The molecule has 0 aliphatic heterocycles. The maximum Gasteiger partial charge on any atom is 0.360 e. The summed E-state index contributed by atoms with van der Waals surface area (Å²) in [5, 5.41) is 16.6. The van der Waals surface area contributed by atoms with Gasteiger partial charge in [0.1, 0.15) is 5.54 Å². The van der Waals surface area contributed by atoms with Crippen LogP contribution in [0.3, 0.4) is 0 Å². The quantitative estimate of drug-likeness (QED) is 0.799. The molecule has 2 aromatic rings. The van der Waals surface area contributed by atoms with Gasteiger partial charge in [0.25, 0.3) is 11.5 Å². The van der Waals surface area contributed by atoms with E-state index < -0.39 is 23.5 Å². The SMILES string of the molecule is CC(C)[C@](C)(C#N)NC(=O)[C@H](C)OC(=O)c1nn(C)c(=O)c2ccccc12. The number of carbonyl (C=O) groups is 2. The van der Waals surface area contributed by atoms with Gasteiger partial charge in [-0.2, -0.15) is 10.4 Å². The molecule has 8 nitrogen and oxygen atoms in total. The van der Waals surface area contributed by atoms with Crippen molar-refractivity contribution < 1.29 is 14.3 Å². The number of fused-ring (bicyclic) bond motifs is 1. The van der Waals surface area contributed by atoms with Crippen molar-refractivity contribution in [1.82, 2.24) is 15.1 Å². The van der Waals surface area contributed by atoms with Crippen LogP contribution in [0, 0.1) is 17.2 Å². The van der Waals surface area contributed by atoms with Crippen molar-refractivity contribution in [3.63, 3.8) is 0 Å². The molecule has 0 saturated carbocycles. The minimum absolute atomic E-state index is 0.0562. The molecular weight excluding hydrogens is 348 g/mol. The summed E-state index contributed by atoms with van der Waals surface area (Å²) in [6.07, 6.45) is -1.14. The molecule has 0 saturated heterocycles. The zero-order chi connectivity index (χ0) is 20.4. The molecule has 0 unspecified atom stereocenters. The molecule has 2 atom stereocenters. The van der Waals surface area contributed by atoms with Crippen LogP contribution in [0.15, 0.2) is 29.1 Å². The van der Waals surface area contributed by atoms with Crippen molar-refractivity contribution >= 4 is 22.6 Å². The number of aromatic nitrogens is 2. The van der Waals surface area contributed by atoms with E-state index in [-0.39, 0.29) is 17.2 Å². The van der Waals surface area contributed by atoms with Crippen molar-refractivity contribution in [2.45, 2.75) is 39.3 Å². The van der Waals surface area contributed by atoms with E-state index in [1.165, 1.54) is 14.0 Å². The van der Waals surface area contributed by atoms with Gasteiger partial charge in [-0.1, -0.05) is 32.0 Å². The van der Waals surface area contributed by atoms with Gasteiger partial charge in [-0.25, -0.2) is 9.48 Å². The number of esters is 1. The van der Waals surface area contributed by atoms with Gasteiger partial charge in [0.2, 0.25) is 0 Å². The Balaban J connectivity index is 2.27. The Morgan fingerprint density at radius 3 is 2.41 bits per heavy atom. The molecule has 0 aliphatic carbocycles. The Morgan fingerprint density at radius 2 is 1.85 bits per heavy atom. The highest BCUT2D eigenvalue weighted by Gasteiger charge is 2.33. The summed E-state index contributed by atoms with van der Waals surface area (Å²) in [5.74, 6) is -1.55. The van der Waals surface area contributed by atoms with Gasteiger partial charge in [-0.05, 0) is 25.8 Å². The maximum absolute atomic E-state index is 12.6. The van der Waals surface area contributed by atoms with E-state index in [1.54, 1.807) is 45.0 Å². The largest absolute Gasteiger partial charge is 0.448 e. The third-order valence-electron chi connectivity index (χ3n) is 4.57. The fourth-order valence-corrected chi connectivity index (χ4v) is 2.38. The van der Waals surface area contributed by atoms with Gasteiger partial charge >= 0.3 is 5.97 Å². The van der Waals surface area contributed by atoms with Gasteiger partial charge in [0, 0.05) is 12.4 Å². The highest BCUT2D eigenvalue weighted by molar-refractivity contribution is 6.02. The molecule has 0 fully saturated rings. The Bertz CT molecular complexity index is 989. The minimum atomic E-state index is -1.14. The molecule has 0 bridgehead atoms. The second-order valence-electron chi connectivity index (χ2n) is 6.83. The molecule has 8 heteroatoms. The number of carbonyl (C=O) groups excluding carboxylic acids is 2. The van der Waals surface area contributed by atoms with E-state index in [1.807, 2.05) is 0 Å². The monoisotopic (exact) mass is 370 g/mol. The predicted molar refractivity (Wildman–Crippen MR) is 98.9 cm³/mol. The minimum Gasteiger partial charge on any atom is -0.448 e. The molecule has 0 spiro atoms. The van der Waals surface area contributed by atoms with E-state index in [2.05, 4.69) is 16.5 Å². The van der Waals surface area contributed by atoms with Crippen LogP contribution in [0.1, 0.15) is 38.2 Å². The van der Waals surface area contributed by atoms with Crippen molar-refractivity contribution in [3.8, 4) is 6.07 Å². The Kier molecular flexibility index (Phi) is 5.64. The fourth-order valence-electron chi connectivity index (χ4n) is 2.38. The highest BCUT2D eigenvalue weighted by Crippen LogP contribution is 2.17. The van der Waals surface area contributed by atoms with Crippen LogP contribution in [-0.2, 0) is 16.6 Å². The van der Waals surface area contributed by atoms with Crippen LogP contribution in [-0.4, -0.2) is 33.3 Å². The van der Waals surface area contributed by atoms with Crippen molar-refractivity contribution in [2.24, 2.45) is 13.0 Å². The second-order valence-corrected chi connectivity index (χ2v) is 6.83. The summed E-state index contributed by atoms with van der Waals surface area (Å²) in [6.45, 7) is 6.63. The summed E-state index contributed by atoms with van der Waals surface area (Å²) in [5.41, 5.74) is -1.48. The number of benzene rings is 1. The highest BCUT2D eigenvalue weighted by atomic mass is 16.5. The molecule has 1 aromatic carbocycles. The number of nitriles is 1. The number of aryl methyl sites for hydroxylation is 1. The van der Waals surface area contributed by atoms with E-state index in [0.717, 1.165) is 4.68 Å².